The zero-order valence-corrected chi connectivity index (χ0v) is 16.1. The largest absolute Gasteiger partial charge is 0.483 e. The van der Waals surface area contributed by atoms with Crippen LogP contribution < -0.4 is 10.7 Å². The average molecular weight is 419 g/mol. The first-order valence-corrected chi connectivity index (χ1v) is 9.49. The van der Waals surface area contributed by atoms with E-state index < -0.39 is 28.7 Å². The van der Waals surface area contributed by atoms with Crippen molar-refractivity contribution in [3.63, 3.8) is 0 Å². The SMILES string of the molecule is O=C(c1c[nH]c2c(F)cccc2c1=O)N1CC[C@@H](O)[C@@]2(CCCNC2=O)C1.O=CO. The van der Waals surface area contributed by atoms with Gasteiger partial charge in [-0.1, -0.05) is 6.07 Å². The molecule has 0 unspecified atom stereocenters. The minimum atomic E-state index is -1.04. The second kappa shape index (κ2) is 8.62. The monoisotopic (exact) mass is 419 g/mol. The smallest absolute Gasteiger partial charge is 0.290 e. The molecule has 9 nitrogen and oxygen atoms in total. The number of aromatic amines is 1. The fourth-order valence-electron chi connectivity index (χ4n) is 4.16. The maximum absolute atomic E-state index is 13.8. The maximum atomic E-state index is 13.8. The molecule has 160 valence electrons. The molecule has 2 aliphatic heterocycles. The fraction of sp³-hybridized carbons (Fsp3) is 0.400. The van der Waals surface area contributed by atoms with E-state index in [0.717, 1.165) is 6.42 Å². The van der Waals surface area contributed by atoms with E-state index in [9.17, 15) is 23.9 Å². The first kappa shape index (κ1) is 21.4. The Morgan fingerprint density at radius 2 is 2.07 bits per heavy atom. The number of pyridine rings is 1. The van der Waals surface area contributed by atoms with Gasteiger partial charge in [0.05, 0.1) is 17.0 Å². The summed E-state index contributed by atoms with van der Waals surface area (Å²) in [5.74, 6) is -1.34. The summed E-state index contributed by atoms with van der Waals surface area (Å²) in [5, 5.41) is 20.2. The number of carboxylic acid groups (broad SMARTS) is 1. The number of amides is 2. The molecule has 1 aromatic heterocycles. The number of piperidine rings is 2. The van der Waals surface area contributed by atoms with Gasteiger partial charge in [-0.3, -0.25) is 19.2 Å². The van der Waals surface area contributed by atoms with E-state index in [0.29, 0.717) is 13.0 Å². The summed E-state index contributed by atoms with van der Waals surface area (Å²) < 4.78 is 13.8. The topological polar surface area (TPSA) is 140 Å². The van der Waals surface area contributed by atoms with Gasteiger partial charge in [0.2, 0.25) is 11.3 Å². The number of benzene rings is 1. The van der Waals surface area contributed by atoms with Crippen LogP contribution in [0.25, 0.3) is 10.9 Å². The number of aliphatic hydroxyl groups is 1. The van der Waals surface area contributed by atoms with Gasteiger partial charge in [0.15, 0.2) is 0 Å². The van der Waals surface area contributed by atoms with Crippen LogP contribution in [0, 0.1) is 11.2 Å². The van der Waals surface area contributed by atoms with E-state index in [1.54, 1.807) is 0 Å². The van der Waals surface area contributed by atoms with Crippen LogP contribution in [0.5, 0.6) is 0 Å². The second-order valence-corrected chi connectivity index (χ2v) is 7.35. The van der Waals surface area contributed by atoms with E-state index >= 15 is 0 Å². The number of hydrogen-bond donors (Lipinski definition) is 4. The molecular formula is C20H22FN3O6. The minimum Gasteiger partial charge on any atom is -0.483 e. The molecule has 2 aliphatic rings. The third kappa shape index (κ3) is 3.65. The summed E-state index contributed by atoms with van der Waals surface area (Å²) >= 11 is 0. The fourth-order valence-corrected chi connectivity index (χ4v) is 4.16. The van der Waals surface area contributed by atoms with Crippen LogP contribution in [-0.2, 0) is 9.59 Å². The normalized spacial score (nSPS) is 23.5. The van der Waals surface area contributed by atoms with Crippen LogP contribution in [0.1, 0.15) is 29.6 Å². The summed E-state index contributed by atoms with van der Waals surface area (Å²) in [7, 11) is 0. The molecule has 0 bridgehead atoms. The van der Waals surface area contributed by atoms with E-state index in [2.05, 4.69) is 10.3 Å². The molecule has 4 N–H and O–H groups in total. The Balaban J connectivity index is 0.000000806. The quantitative estimate of drug-likeness (QED) is 0.496. The minimum absolute atomic E-state index is 0.0521. The molecule has 2 amide bonds. The van der Waals surface area contributed by atoms with E-state index in [1.807, 2.05) is 0 Å². The zero-order valence-electron chi connectivity index (χ0n) is 16.1. The van der Waals surface area contributed by atoms with Crippen LogP contribution >= 0.6 is 0 Å². The number of para-hydroxylation sites is 1. The number of nitrogens with one attached hydrogen (secondary N) is 2. The number of carbonyl (C=O) groups is 3. The van der Waals surface area contributed by atoms with E-state index in [-0.39, 0.29) is 48.4 Å². The Morgan fingerprint density at radius 3 is 2.77 bits per heavy atom. The number of nitrogens with zero attached hydrogens (tertiary/aromatic N) is 1. The van der Waals surface area contributed by atoms with Crippen LogP contribution in [0.4, 0.5) is 4.39 Å². The van der Waals surface area contributed by atoms with Crippen LogP contribution in [0.15, 0.2) is 29.2 Å². The molecule has 0 radical (unpaired) electrons. The number of rotatable bonds is 1. The number of halogens is 1. The Kier molecular flexibility index (Phi) is 6.16. The molecule has 30 heavy (non-hydrogen) atoms. The molecule has 4 rings (SSSR count). The molecule has 2 saturated heterocycles. The first-order chi connectivity index (χ1) is 14.4. The summed E-state index contributed by atoms with van der Waals surface area (Å²) in [6, 6.07) is 4.11. The van der Waals surface area contributed by atoms with E-state index in [4.69, 9.17) is 9.90 Å². The molecule has 0 saturated carbocycles. The molecule has 1 aromatic carbocycles. The predicted molar refractivity (Wildman–Crippen MR) is 104 cm³/mol. The molecule has 0 aliphatic carbocycles. The number of H-pyrrole nitrogens is 1. The highest BCUT2D eigenvalue weighted by Gasteiger charge is 2.50. The van der Waals surface area contributed by atoms with Gasteiger partial charge in [0.1, 0.15) is 11.4 Å². The van der Waals surface area contributed by atoms with Crippen LogP contribution in [0.2, 0.25) is 0 Å². The Labute approximate surface area is 170 Å². The lowest BCUT2D eigenvalue weighted by Gasteiger charge is -2.46. The molecule has 1 spiro atoms. The zero-order chi connectivity index (χ0) is 21.9. The van der Waals surface area contributed by atoms with Crippen LogP contribution in [-0.4, -0.2) is 64.1 Å². The molecule has 2 fully saturated rings. The third-order valence-electron chi connectivity index (χ3n) is 5.70. The van der Waals surface area contributed by atoms with Crippen molar-refractivity contribution < 1.29 is 29.0 Å². The number of aliphatic hydroxyl groups excluding tert-OH is 1. The van der Waals surface area contributed by atoms with Gasteiger partial charge < -0.3 is 25.4 Å². The number of carbonyl (C=O) groups excluding carboxylic acids is 2. The standard InChI is InChI=1S/C19H20FN3O4.CH2O2/c20-13-4-1-3-11-15(13)22-9-12(16(11)25)17(26)23-8-5-14(24)19(10-23)6-2-7-21-18(19)27;2-1-3/h1,3-4,9,14,24H,2,5-8,10H2,(H,21,27)(H,22,25);1H,(H,2,3)/t14-,19-;/m1./s1. The van der Waals surface area contributed by atoms with Crippen molar-refractivity contribution in [3.05, 3.63) is 46.0 Å². The van der Waals surface area contributed by atoms with Crippen LogP contribution in [0.3, 0.4) is 0 Å². The van der Waals surface area contributed by atoms with Gasteiger partial charge in [-0.25, -0.2) is 4.39 Å². The predicted octanol–water partition coefficient (Wildman–Crippen LogP) is 0.471. The van der Waals surface area contributed by atoms with Gasteiger partial charge in [-0.2, -0.15) is 0 Å². The molecular weight excluding hydrogens is 397 g/mol. The highest BCUT2D eigenvalue weighted by molar-refractivity contribution is 5.98. The van der Waals surface area contributed by atoms with Crippen molar-refractivity contribution in [1.29, 1.82) is 0 Å². The second-order valence-electron chi connectivity index (χ2n) is 7.35. The maximum Gasteiger partial charge on any atom is 0.290 e. The number of hydrogen-bond acceptors (Lipinski definition) is 5. The van der Waals surface area contributed by atoms with Crippen molar-refractivity contribution in [3.8, 4) is 0 Å². The lowest BCUT2D eigenvalue weighted by Crippen LogP contribution is -2.62. The lowest BCUT2D eigenvalue weighted by molar-refractivity contribution is -0.147. The number of fused-ring (bicyclic) bond motifs is 1. The lowest BCUT2D eigenvalue weighted by atomic mass is 9.71. The van der Waals surface area contributed by atoms with Gasteiger partial charge in [-0.05, 0) is 31.4 Å². The van der Waals surface area contributed by atoms with Crippen molar-refractivity contribution in [1.82, 2.24) is 15.2 Å². The molecule has 2 atom stereocenters. The van der Waals surface area contributed by atoms with Crippen molar-refractivity contribution in [2.75, 3.05) is 19.6 Å². The summed E-state index contributed by atoms with van der Waals surface area (Å²) in [6.07, 6.45) is 1.86. The van der Waals surface area contributed by atoms with Crippen molar-refractivity contribution >= 4 is 29.2 Å². The summed E-state index contributed by atoms with van der Waals surface area (Å²) in [6.45, 7) is 0.603. The third-order valence-corrected chi connectivity index (χ3v) is 5.70. The summed E-state index contributed by atoms with van der Waals surface area (Å²) in [4.78, 5) is 50.6. The number of aromatic nitrogens is 1. The van der Waals surface area contributed by atoms with Gasteiger partial charge >= 0.3 is 0 Å². The average Bonchev–Trinajstić information content (AvgIpc) is 2.73. The molecule has 3 heterocycles. The van der Waals surface area contributed by atoms with E-state index in [1.165, 1.54) is 29.3 Å². The highest BCUT2D eigenvalue weighted by atomic mass is 19.1. The first-order valence-electron chi connectivity index (χ1n) is 9.49. The van der Waals surface area contributed by atoms with Crippen molar-refractivity contribution in [2.45, 2.75) is 25.4 Å². The van der Waals surface area contributed by atoms with Gasteiger partial charge in [-0.15, -0.1) is 0 Å². The van der Waals surface area contributed by atoms with Gasteiger partial charge in [0.25, 0.3) is 12.4 Å². The Bertz CT molecular complexity index is 1040. The van der Waals surface area contributed by atoms with Gasteiger partial charge in [0, 0.05) is 31.2 Å². The Morgan fingerprint density at radius 1 is 1.33 bits per heavy atom. The highest BCUT2D eigenvalue weighted by Crippen LogP contribution is 2.37. The molecule has 2 aromatic rings. The number of likely N-dealkylation sites (tertiary alicyclic amines) is 1. The van der Waals surface area contributed by atoms with Crippen molar-refractivity contribution in [2.24, 2.45) is 5.41 Å². The molecule has 10 heteroatoms. The Hall–Kier alpha value is -3.27. The summed E-state index contributed by atoms with van der Waals surface area (Å²) in [5.41, 5.74) is -1.64.